The average molecular weight is 213 g/mol. The van der Waals surface area contributed by atoms with Gasteiger partial charge in [0.05, 0.1) is 13.0 Å². The van der Waals surface area contributed by atoms with Gasteiger partial charge in [0.1, 0.15) is 0 Å². The number of rotatable bonds is 6. The van der Waals surface area contributed by atoms with Crippen LogP contribution in [0.1, 0.15) is 26.2 Å². The van der Waals surface area contributed by atoms with Crippen LogP contribution in [0.2, 0.25) is 0 Å². The van der Waals surface area contributed by atoms with Gasteiger partial charge >= 0.3 is 5.97 Å². The minimum Gasteiger partial charge on any atom is -0.481 e. The second-order valence-electron chi connectivity index (χ2n) is 3.54. The van der Waals surface area contributed by atoms with Crippen LogP contribution < -0.4 is 0 Å². The minimum absolute atomic E-state index is 0.117. The van der Waals surface area contributed by atoms with Gasteiger partial charge in [-0.05, 0) is 13.8 Å². The van der Waals surface area contributed by atoms with Gasteiger partial charge in [-0.1, -0.05) is 5.16 Å². The number of aliphatic carboxylic acids is 1. The predicted octanol–water partition coefficient (Wildman–Crippen LogP) is 0.755. The minimum atomic E-state index is -0.800. The highest BCUT2D eigenvalue weighted by molar-refractivity contribution is 5.66. The summed E-state index contributed by atoms with van der Waals surface area (Å²) < 4.78 is 4.87. The van der Waals surface area contributed by atoms with Crippen molar-refractivity contribution in [3.63, 3.8) is 0 Å². The molecule has 1 aromatic rings. The molecule has 0 aliphatic carbocycles. The lowest BCUT2D eigenvalue weighted by molar-refractivity contribution is -0.137. The van der Waals surface area contributed by atoms with E-state index in [2.05, 4.69) is 10.1 Å². The molecule has 0 spiro atoms. The topological polar surface area (TPSA) is 79.5 Å². The summed E-state index contributed by atoms with van der Waals surface area (Å²) in [6.45, 7) is 4.97. The number of carbonyl (C=O) groups is 1. The highest BCUT2D eigenvalue weighted by Crippen LogP contribution is 2.05. The Balaban J connectivity index is 2.47. The van der Waals surface area contributed by atoms with Crippen molar-refractivity contribution in [1.29, 1.82) is 0 Å². The van der Waals surface area contributed by atoms with Crippen LogP contribution in [-0.2, 0) is 11.3 Å². The number of hydrogen-bond donors (Lipinski definition) is 1. The van der Waals surface area contributed by atoms with Crippen LogP contribution >= 0.6 is 0 Å². The maximum atomic E-state index is 10.5. The van der Waals surface area contributed by atoms with Gasteiger partial charge in [-0.2, -0.15) is 4.98 Å². The Bertz CT molecular complexity index is 298. The second-order valence-corrected chi connectivity index (χ2v) is 3.54. The number of carboxylic acids is 1. The van der Waals surface area contributed by atoms with E-state index < -0.39 is 5.97 Å². The fourth-order valence-corrected chi connectivity index (χ4v) is 1.20. The highest BCUT2D eigenvalue weighted by atomic mass is 16.5. The van der Waals surface area contributed by atoms with E-state index in [4.69, 9.17) is 9.63 Å². The summed E-state index contributed by atoms with van der Waals surface area (Å²) in [7, 11) is 0. The second kappa shape index (κ2) is 5.45. The lowest BCUT2D eigenvalue weighted by Crippen LogP contribution is -2.32. The molecule has 0 radical (unpaired) electrons. The molecule has 84 valence electrons. The van der Waals surface area contributed by atoms with E-state index in [0.717, 1.165) is 0 Å². The first-order chi connectivity index (χ1) is 7.09. The van der Waals surface area contributed by atoms with Crippen molar-refractivity contribution in [2.75, 3.05) is 6.54 Å². The Labute approximate surface area is 87.9 Å². The summed E-state index contributed by atoms with van der Waals surface area (Å²) in [6, 6.07) is 0.247. The molecule has 0 atom stereocenters. The third kappa shape index (κ3) is 4.07. The lowest BCUT2D eigenvalue weighted by Gasteiger charge is -2.23. The predicted molar refractivity (Wildman–Crippen MR) is 52.1 cm³/mol. The van der Waals surface area contributed by atoms with Crippen LogP contribution in [0.25, 0.3) is 0 Å². The summed E-state index contributed by atoms with van der Waals surface area (Å²) in [5, 5.41) is 12.1. The van der Waals surface area contributed by atoms with Gasteiger partial charge in [0.15, 0.2) is 6.33 Å². The van der Waals surface area contributed by atoms with Gasteiger partial charge in [-0.15, -0.1) is 0 Å². The molecular formula is C9H15N3O3. The number of nitrogens with zero attached hydrogens (tertiary/aromatic N) is 3. The molecule has 0 saturated heterocycles. The summed E-state index contributed by atoms with van der Waals surface area (Å²) in [4.78, 5) is 16.3. The highest BCUT2D eigenvalue weighted by Gasteiger charge is 2.14. The van der Waals surface area contributed by atoms with Crippen LogP contribution in [0.5, 0.6) is 0 Å². The molecule has 0 unspecified atom stereocenters. The van der Waals surface area contributed by atoms with Gasteiger partial charge in [0, 0.05) is 12.6 Å². The van der Waals surface area contributed by atoms with Crippen molar-refractivity contribution in [3.8, 4) is 0 Å². The van der Waals surface area contributed by atoms with Gasteiger partial charge in [-0.25, -0.2) is 0 Å². The molecule has 0 aliphatic rings. The monoisotopic (exact) mass is 213 g/mol. The Morgan fingerprint density at radius 1 is 1.67 bits per heavy atom. The molecule has 15 heavy (non-hydrogen) atoms. The van der Waals surface area contributed by atoms with Crippen LogP contribution in [0.4, 0.5) is 0 Å². The molecule has 0 saturated carbocycles. The molecule has 0 bridgehead atoms. The summed E-state index contributed by atoms with van der Waals surface area (Å²) >= 11 is 0. The molecule has 1 N–H and O–H groups in total. The van der Waals surface area contributed by atoms with Gasteiger partial charge < -0.3 is 9.63 Å². The fraction of sp³-hybridized carbons (Fsp3) is 0.667. The van der Waals surface area contributed by atoms with E-state index in [1.165, 1.54) is 6.33 Å². The van der Waals surface area contributed by atoms with Gasteiger partial charge in [-0.3, -0.25) is 9.69 Å². The Morgan fingerprint density at radius 2 is 2.40 bits per heavy atom. The van der Waals surface area contributed by atoms with Crippen LogP contribution in [-0.4, -0.2) is 38.7 Å². The Morgan fingerprint density at radius 3 is 2.87 bits per heavy atom. The van der Waals surface area contributed by atoms with Crippen LogP contribution in [0, 0.1) is 0 Å². The standard InChI is InChI=1S/C9H15N3O3/c1-7(2)12(4-3-9(13)14)5-8-10-6-11-15-8/h6-7H,3-5H2,1-2H3,(H,13,14). The average Bonchev–Trinajstić information content (AvgIpc) is 2.63. The smallest absolute Gasteiger partial charge is 0.304 e. The molecule has 0 amide bonds. The number of carboxylic acid groups (broad SMARTS) is 1. The molecule has 6 heteroatoms. The van der Waals surface area contributed by atoms with E-state index in [0.29, 0.717) is 19.0 Å². The van der Waals surface area contributed by atoms with E-state index in [1.807, 2.05) is 18.7 Å². The number of hydrogen-bond acceptors (Lipinski definition) is 5. The van der Waals surface area contributed by atoms with Crippen molar-refractivity contribution in [3.05, 3.63) is 12.2 Å². The molecule has 1 rings (SSSR count). The van der Waals surface area contributed by atoms with Gasteiger partial charge in [0.2, 0.25) is 5.89 Å². The summed E-state index contributed by atoms with van der Waals surface area (Å²) in [6.07, 6.45) is 1.46. The first-order valence-corrected chi connectivity index (χ1v) is 4.81. The van der Waals surface area contributed by atoms with Crippen LogP contribution in [0.3, 0.4) is 0 Å². The molecule has 0 aliphatic heterocycles. The van der Waals surface area contributed by atoms with Crippen molar-refractivity contribution in [2.24, 2.45) is 0 Å². The largest absolute Gasteiger partial charge is 0.481 e. The quantitative estimate of drug-likeness (QED) is 0.751. The molecule has 0 aromatic carbocycles. The molecule has 1 heterocycles. The van der Waals surface area contributed by atoms with E-state index in [1.54, 1.807) is 0 Å². The van der Waals surface area contributed by atoms with E-state index in [9.17, 15) is 4.79 Å². The molecule has 1 aromatic heterocycles. The third-order valence-corrected chi connectivity index (χ3v) is 2.09. The SMILES string of the molecule is CC(C)N(CCC(=O)O)Cc1ncno1. The maximum absolute atomic E-state index is 10.5. The zero-order chi connectivity index (χ0) is 11.3. The van der Waals surface area contributed by atoms with Crippen molar-refractivity contribution in [2.45, 2.75) is 32.9 Å². The zero-order valence-electron chi connectivity index (χ0n) is 8.88. The Kier molecular flexibility index (Phi) is 4.23. The summed E-state index contributed by atoms with van der Waals surface area (Å²) in [5.41, 5.74) is 0. The first kappa shape index (κ1) is 11.6. The molecular weight excluding hydrogens is 198 g/mol. The van der Waals surface area contributed by atoms with Crippen molar-refractivity contribution in [1.82, 2.24) is 15.0 Å². The van der Waals surface area contributed by atoms with Gasteiger partial charge in [0.25, 0.3) is 0 Å². The van der Waals surface area contributed by atoms with E-state index in [-0.39, 0.29) is 12.5 Å². The third-order valence-electron chi connectivity index (χ3n) is 2.09. The maximum Gasteiger partial charge on any atom is 0.304 e. The normalized spacial score (nSPS) is 11.2. The summed E-state index contributed by atoms with van der Waals surface area (Å²) in [5.74, 6) is -0.291. The molecule has 6 nitrogen and oxygen atoms in total. The lowest BCUT2D eigenvalue weighted by atomic mass is 10.3. The zero-order valence-corrected chi connectivity index (χ0v) is 8.88. The van der Waals surface area contributed by atoms with E-state index >= 15 is 0 Å². The number of aromatic nitrogens is 2. The first-order valence-electron chi connectivity index (χ1n) is 4.81. The van der Waals surface area contributed by atoms with Crippen molar-refractivity contribution >= 4 is 5.97 Å². The molecule has 0 fully saturated rings. The van der Waals surface area contributed by atoms with Crippen molar-refractivity contribution < 1.29 is 14.4 Å². The Hall–Kier alpha value is -1.43. The fourth-order valence-electron chi connectivity index (χ4n) is 1.20. The van der Waals surface area contributed by atoms with Crippen LogP contribution in [0.15, 0.2) is 10.9 Å².